The molecule has 39 heavy (non-hydrogen) atoms. The number of anilines is 1. The molecule has 0 radical (unpaired) electrons. The minimum Gasteiger partial charge on any atom is -0.495 e. The molecule has 1 N–H and O–H groups in total. The van der Waals surface area contributed by atoms with Crippen LogP contribution in [0.25, 0.3) is 0 Å². The molecule has 0 spiro atoms. The first-order chi connectivity index (χ1) is 18.3. The molecule has 0 aliphatic heterocycles. The van der Waals surface area contributed by atoms with E-state index < -0.39 is 34.1 Å². The van der Waals surface area contributed by atoms with Crippen molar-refractivity contribution in [2.75, 3.05) is 18.0 Å². The van der Waals surface area contributed by atoms with Crippen molar-refractivity contribution in [2.45, 2.75) is 57.6 Å². The molecule has 0 saturated carbocycles. The lowest BCUT2D eigenvalue weighted by Gasteiger charge is -2.33. The molecule has 8 nitrogen and oxygen atoms in total. The number of ether oxygens (including phenoxy) is 1. The number of nitrogens with zero attached hydrogens (tertiary/aromatic N) is 2. The Morgan fingerprint density at radius 2 is 1.51 bits per heavy atom. The van der Waals surface area contributed by atoms with Gasteiger partial charge in [0, 0.05) is 12.1 Å². The Morgan fingerprint density at radius 1 is 0.923 bits per heavy atom. The lowest BCUT2D eigenvalue weighted by molar-refractivity contribution is -0.140. The number of hydrogen-bond acceptors (Lipinski definition) is 5. The van der Waals surface area contributed by atoms with Gasteiger partial charge in [0.15, 0.2) is 0 Å². The molecule has 0 saturated heterocycles. The summed E-state index contributed by atoms with van der Waals surface area (Å²) in [6.45, 7) is 8.79. The number of hydrogen-bond donors (Lipinski definition) is 1. The first-order valence-electron chi connectivity index (χ1n) is 12.7. The zero-order chi connectivity index (χ0) is 28.8. The Labute approximate surface area is 231 Å². The van der Waals surface area contributed by atoms with Gasteiger partial charge in [0.2, 0.25) is 11.8 Å². The van der Waals surface area contributed by atoms with Crippen molar-refractivity contribution >= 4 is 27.5 Å². The molecule has 3 aromatic carbocycles. The van der Waals surface area contributed by atoms with Crippen molar-refractivity contribution in [3.05, 3.63) is 90.0 Å². The standard InChI is InChI=1S/C30H37N3O5S/c1-22-16-18-24(19-17-22)20-32(23(2)29(35)31-30(3,4)5)28(34)21-33(26-14-10-11-15-27(26)38-6)39(36,37)25-12-8-7-9-13-25/h7-19,23H,20-21H2,1-6H3,(H,31,35)/t23-/m0/s1. The van der Waals surface area contributed by atoms with Crippen LogP contribution < -0.4 is 14.4 Å². The monoisotopic (exact) mass is 551 g/mol. The molecule has 3 aromatic rings. The van der Waals surface area contributed by atoms with E-state index in [1.165, 1.54) is 24.1 Å². The van der Waals surface area contributed by atoms with Gasteiger partial charge in [-0.3, -0.25) is 13.9 Å². The molecule has 1 atom stereocenters. The summed E-state index contributed by atoms with van der Waals surface area (Å²) in [5.74, 6) is -0.566. The summed E-state index contributed by atoms with van der Waals surface area (Å²) in [6.07, 6.45) is 0. The molecule has 0 heterocycles. The van der Waals surface area contributed by atoms with E-state index in [1.54, 1.807) is 49.4 Å². The van der Waals surface area contributed by atoms with Gasteiger partial charge in [0.1, 0.15) is 18.3 Å². The van der Waals surface area contributed by atoms with E-state index in [-0.39, 0.29) is 23.0 Å². The van der Waals surface area contributed by atoms with Gasteiger partial charge in [-0.05, 0) is 64.4 Å². The van der Waals surface area contributed by atoms with Gasteiger partial charge in [-0.2, -0.15) is 0 Å². The molecule has 0 aliphatic carbocycles. The second-order valence-electron chi connectivity index (χ2n) is 10.4. The van der Waals surface area contributed by atoms with E-state index in [4.69, 9.17) is 4.74 Å². The minimum atomic E-state index is -4.16. The van der Waals surface area contributed by atoms with Gasteiger partial charge in [-0.15, -0.1) is 0 Å². The van der Waals surface area contributed by atoms with Crippen LogP contribution in [0.5, 0.6) is 5.75 Å². The highest BCUT2D eigenvalue weighted by Gasteiger charge is 2.34. The van der Waals surface area contributed by atoms with Crippen LogP contribution in [0.1, 0.15) is 38.8 Å². The third-order valence-electron chi connectivity index (χ3n) is 6.10. The number of carbonyl (C=O) groups excluding carboxylic acids is 2. The molecule has 9 heteroatoms. The number of nitrogens with one attached hydrogen (secondary N) is 1. The molecule has 2 amide bonds. The zero-order valence-corrected chi connectivity index (χ0v) is 24.2. The number of sulfonamides is 1. The van der Waals surface area contributed by atoms with Gasteiger partial charge < -0.3 is 15.0 Å². The van der Waals surface area contributed by atoms with Crippen LogP contribution >= 0.6 is 0 Å². The summed E-state index contributed by atoms with van der Waals surface area (Å²) in [4.78, 5) is 28.6. The van der Waals surface area contributed by atoms with Crippen LogP contribution in [-0.2, 0) is 26.2 Å². The van der Waals surface area contributed by atoms with Crippen molar-refractivity contribution in [2.24, 2.45) is 0 Å². The summed E-state index contributed by atoms with van der Waals surface area (Å²) in [5.41, 5.74) is 1.59. The van der Waals surface area contributed by atoms with E-state index in [0.717, 1.165) is 15.4 Å². The van der Waals surface area contributed by atoms with Crippen molar-refractivity contribution in [1.29, 1.82) is 0 Å². The highest BCUT2D eigenvalue weighted by Crippen LogP contribution is 2.32. The predicted molar refractivity (Wildman–Crippen MR) is 153 cm³/mol. The number of carbonyl (C=O) groups is 2. The van der Waals surface area contributed by atoms with Crippen LogP contribution in [0.2, 0.25) is 0 Å². The quantitative estimate of drug-likeness (QED) is 0.399. The fraction of sp³-hybridized carbons (Fsp3) is 0.333. The third kappa shape index (κ3) is 7.60. The number of para-hydroxylation sites is 2. The zero-order valence-electron chi connectivity index (χ0n) is 23.3. The smallest absolute Gasteiger partial charge is 0.264 e. The van der Waals surface area contributed by atoms with E-state index in [9.17, 15) is 18.0 Å². The second kappa shape index (κ2) is 12.3. The van der Waals surface area contributed by atoms with Crippen LogP contribution in [0.3, 0.4) is 0 Å². The van der Waals surface area contributed by atoms with Crippen molar-refractivity contribution in [1.82, 2.24) is 10.2 Å². The fourth-order valence-electron chi connectivity index (χ4n) is 4.02. The maximum Gasteiger partial charge on any atom is 0.264 e. The minimum absolute atomic E-state index is 0.0346. The lowest BCUT2D eigenvalue weighted by atomic mass is 10.1. The van der Waals surface area contributed by atoms with E-state index in [0.29, 0.717) is 5.75 Å². The lowest BCUT2D eigenvalue weighted by Crippen LogP contribution is -2.54. The summed E-state index contributed by atoms with van der Waals surface area (Å²) >= 11 is 0. The SMILES string of the molecule is COc1ccccc1N(CC(=O)N(Cc1ccc(C)cc1)[C@@H](C)C(=O)NC(C)(C)C)S(=O)(=O)c1ccccc1. The number of rotatable bonds is 10. The Hall–Kier alpha value is -3.85. The summed E-state index contributed by atoms with van der Waals surface area (Å²) in [7, 11) is -2.72. The molecule has 3 rings (SSSR count). The predicted octanol–water partition coefficient (Wildman–Crippen LogP) is 4.53. The van der Waals surface area contributed by atoms with Gasteiger partial charge in [0.25, 0.3) is 10.0 Å². The van der Waals surface area contributed by atoms with Crippen molar-refractivity contribution < 1.29 is 22.7 Å². The number of amides is 2. The Kier molecular flexibility index (Phi) is 9.40. The third-order valence-corrected chi connectivity index (χ3v) is 7.88. The summed E-state index contributed by atoms with van der Waals surface area (Å²) in [5, 5.41) is 2.92. The Balaban J connectivity index is 2.06. The van der Waals surface area contributed by atoms with E-state index in [1.807, 2.05) is 52.0 Å². The molecule has 0 bridgehead atoms. The van der Waals surface area contributed by atoms with Crippen LogP contribution in [-0.4, -0.2) is 50.4 Å². The number of aryl methyl sites for hydroxylation is 1. The average Bonchev–Trinajstić information content (AvgIpc) is 2.90. The topological polar surface area (TPSA) is 96.0 Å². The molecule has 0 aliphatic rings. The maximum atomic E-state index is 14.0. The molecule has 208 valence electrons. The second-order valence-corrected chi connectivity index (χ2v) is 12.3. The van der Waals surface area contributed by atoms with Crippen molar-refractivity contribution in [3.8, 4) is 5.75 Å². The molecular weight excluding hydrogens is 514 g/mol. The highest BCUT2D eigenvalue weighted by atomic mass is 32.2. The normalized spacial score (nSPS) is 12.4. The van der Waals surface area contributed by atoms with E-state index in [2.05, 4.69) is 5.32 Å². The maximum absolute atomic E-state index is 14.0. The summed E-state index contributed by atoms with van der Waals surface area (Å²) in [6, 6.07) is 21.3. The van der Waals surface area contributed by atoms with Crippen molar-refractivity contribution in [3.63, 3.8) is 0 Å². The first kappa shape index (κ1) is 29.7. The van der Waals surface area contributed by atoms with Crippen LogP contribution in [0.4, 0.5) is 5.69 Å². The van der Waals surface area contributed by atoms with E-state index >= 15 is 0 Å². The summed E-state index contributed by atoms with van der Waals surface area (Å²) < 4.78 is 34.2. The van der Waals surface area contributed by atoms with Gasteiger partial charge in [-0.25, -0.2) is 8.42 Å². The molecule has 0 fully saturated rings. The molecule has 0 aromatic heterocycles. The molecule has 0 unspecified atom stereocenters. The number of benzene rings is 3. The van der Waals surface area contributed by atoms with Crippen LogP contribution in [0, 0.1) is 6.92 Å². The first-order valence-corrected chi connectivity index (χ1v) is 14.2. The molecular formula is C30H37N3O5S. The average molecular weight is 552 g/mol. The van der Waals surface area contributed by atoms with Gasteiger partial charge in [0.05, 0.1) is 17.7 Å². The van der Waals surface area contributed by atoms with Crippen LogP contribution in [0.15, 0.2) is 83.8 Å². The Bertz CT molecular complexity index is 1380. The largest absolute Gasteiger partial charge is 0.495 e. The van der Waals surface area contributed by atoms with Gasteiger partial charge in [-0.1, -0.05) is 60.2 Å². The Morgan fingerprint density at radius 3 is 2.10 bits per heavy atom. The van der Waals surface area contributed by atoms with Gasteiger partial charge >= 0.3 is 0 Å². The number of methoxy groups -OCH3 is 1. The highest BCUT2D eigenvalue weighted by molar-refractivity contribution is 7.92. The fourth-order valence-corrected chi connectivity index (χ4v) is 5.46.